The molecular formula is C42H68N6O8. The van der Waals surface area contributed by atoms with Crippen LogP contribution in [0.4, 0.5) is 0 Å². The summed E-state index contributed by atoms with van der Waals surface area (Å²) >= 11 is 0. The Morgan fingerprint density at radius 2 is 1.30 bits per heavy atom. The van der Waals surface area contributed by atoms with E-state index in [0.717, 1.165) is 5.56 Å². The minimum Gasteiger partial charge on any atom is -0.458 e. The lowest BCUT2D eigenvalue weighted by Crippen LogP contribution is -2.61. The molecule has 314 valence electrons. The fraction of sp³-hybridized carbons (Fsp3) is 0.714. The standard InChI is InChI=1S/C42H68N6O8/c1-11-26(3)33(43)37(51)44-29(24-28-18-14-13-15-19-28)35(49)45-30(25-55-41(5,6)7)38(52)47-22-16-20-31(47)36(50)46-34(27(4)12-2)39(53)48-23-17-21-32(48)40(54)56-42(8,9)10/h13-15,18-19,26-27,29-34H,11-12,16-17,20-25,43H2,1-10H3,(H,44,51)(H,45,49)(H,46,50)/t26-,27-,29-,30-,31-,32-,33-,34-/m0/s1. The molecule has 14 nitrogen and oxygen atoms in total. The number of benzene rings is 1. The Labute approximate surface area is 333 Å². The van der Waals surface area contributed by atoms with Gasteiger partial charge in [0.25, 0.3) is 0 Å². The van der Waals surface area contributed by atoms with E-state index in [1.165, 1.54) is 9.80 Å². The molecular weight excluding hydrogens is 716 g/mol. The largest absolute Gasteiger partial charge is 0.458 e. The highest BCUT2D eigenvalue weighted by atomic mass is 16.6. The Kier molecular flexibility index (Phi) is 16.9. The molecule has 8 atom stereocenters. The number of hydrogen-bond acceptors (Lipinski definition) is 9. The van der Waals surface area contributed by atoms with Gasteiger partial charge in [-0.15, -0.1) is 0 Å². The first-order valence-electron chi connectivity index (χ1n) is 20.4. The zero-order chi connectivity index (χ0) is 42.0. The zero-order valence-electron chi connectivity index (χ0n) is 35.3. The fourth-order valence-electron chi connectivity index (χ4n) is 6.88. The molecule has 0 spiro atoms. The van der Waals surface area contributed by atoms with Gasteiger partial charge in [-0.3, -0.25) is 24.0 Å². The van der Waals surface area contributed by atoms with Crippen LogP contribution in [0, 0.1) is 11.8 Å². The molecule has 0 radical (unpaired) electrons. The number of carbonyl (C=O) groups is 6. The van der Waals surface area contributed by atoms with Crippen molar-refractivity contribution in [2.45, 2.75) is 162 Å². The van der Waals surface area contributed by atoms with Gasteiger partial charge >= 0.3 is 5.97 Å². The number of ether oxygens (including phenoxy) is 2. The topological polar surface area (TPSA) is 189 Å². The van der Waals surface area contributed by atoms with Gasteiger partial charge in [-0.1, -0.05) is 70.9 Å². The number of amides is 5. The number of nitrogens with zero attached hydrogens (tertiary/aromatic N) is 2. The second-order valence-corrected chi connectivity index (χ2v) is 17.4. The Morgan fingerprint density at radius 3 is 1.86 bits per heavy atom. The van der Waals surface area contributed by atoms with Gasteiger partial charge in [-0.05, 0) is 84.6 Å². The highest BCUT2D eigenvalue weighted by Crippen LogP contribution is 2.25. The van der Waals surface area contributed by atoms with Crippen LogP contribution in [-0.4, -0.2) is 112 Å². The summed E-state index contributed by atoms with van der Waals surface area (Å²) < 4.78 is 11.7. The van der Waals surface area contributed by atoms with E-state index in [9.17, 15) is 28.8 Å². The van der Waals surface area contributed by atoms with Crippen molar-refractivity contribution in [3.05, 3.63) is 35.9 Å². The van der Waals surface area contributed by atoms with Crippen LogP contribution in [0.5, 0.6) is 0 Å². The molecule has 0 saturated carbocycles. The van der Waals surface area contributed by atoms with Crippen molar-refractivity contribution < 1.29 is 38.2 Å². The summed E-state index contributed by atoms with van der Waals surface area (Å²) in [5.74, 6) is -3.30. The summed E-state index contributed by atoms with van der Waals surface area (Å²) in [6.45, 7) is 18.8. The van der Waals surface area contributed by atoms with Crippen LogP contribution < -0.4 is 21.7 Å². The summed E-state index contributed by atoms with van der Waals surface area (Å²) in [6.07, 6.45) is 3.38. The van der Waals surface area contributed by atoms with Crippen molar-refractivity contribution >= 4 is 35.5 Å². The molecule has 2 aliphatic heterocycles. The van der Waals surface area contributed by atoms with Crippen molar-refractivity contribution in [1.29, 1.82) is 0 Å². The third-order valence-electron chi connectivity index (χ3n) is 10.6. The van der Waals surface area contributed by atoms with Crippen LogP contribution in [0.1, 0.15) is 113 Å². The number of rotatable bonds is 17. The number of carbonyl (C=O) groups excluding carboxylic acids is 6. The van der Waals surface area contributed by atoms with Crippen LogP contribution >= 0.6 is 0 Å². The first-order valence-corrected chi connectivity index (χ1v) is 20.4. The summed E-state index contributed by atoms with van der Waals surface area (Å²) in [4.78, 5) is 86.0. The maximum absolute atomic E-state index is 14.4. The molecule has 2 aliphatic rings. The highest BCUT2D eigenvalue weighted by molar-refractivity contribution is 5.97. The lowest BCUT2D eigenvalue weighted by Gasteiger charge is -2.34. The van der Waals surface area contributed by atoms with Gasteiger partial charge in [0.1, 0.15) is 35.8 Å². The molecule has 2 saturated heterocycles. The summed E-state index contributed by atoms with van der Waals surface area (Å²) in [5.41, 5.74) is 5.65. The van der Waals surface area contributed by atoms with E-state index in [1.807, 2.05) is 78.8 Å². The van der Waals surface area contributed by atoms with Crippen LogP contribution in [0.2, 0.25) is 0 Å². The Hall–Kier alpha value is -4.04. The fourth-order valence-corrected chi connectivity index (χ4v) is 6.88. The maximum Gasteiger partial charge on any atom is 0.329 e. The lowest BCUT2D eigenvalue weighted by molar-refractivity contribution is -0.164. The monoisotopic (exact) mass is 785 g/mol. The van der Waals surface area contributed by atoms with E-state index in [-0.39, 0.29) is 37.3 Å². The minimum atomic E-state index is -1.19. The third kappa shape index (κ3) is 13.3. The molecule has 2 fully saturated rings. The van der Waals surface area contributed by atoms with Crippen molar-refractivity contribution in [3.8, 4) is 0 Å². The quantitative estimate of drug-likeness (QED) is 0.172. The van der Waals surface area contributed by atoms with E-state index in [2.05, 4.69) is 16.0 Å². The zero-order valence-corrected chi connectivity index (χ0v) is 35.3. The normalized spacial score (nSPS) is 20.6. The molecule has 0 unspecified atom stereocenters. The van der Waals surface area contributed by atoms with Gasteiger partial charge in [0.15, 0.2) is 0 Å². The first-order chi connectivity index (χ1) is 26.2. The van der Waals surface area contributed by atoms with E-state index in [1.54, 1.807) is 20.8 Å². The molecule has 14 heteroatoms. The average Bonchev–Trinajstić information content (AvgIpc) is 3.84. The molecule has 0 bridgehead atoms. The van der Waals surface area contributed by atoms with Crippen LogP contribution in [0.15, 0.2) is 30.3 Å². The second-order valence-electron chi connectivity index (χ2n) is 17.4. The second kappa shape index (κ2) is 20.4. The van der Waals surface area contributed by atoms with E-state index < -0.39 is 77.1 Å². The summed E-state index contributed by atoms with van der Waals surface area (Å²) in [7, 11) is 0. The van der Waals surface area contributed by atoms with Crippen molar-refractivity contribution in [2.75, 3.05) is 19.7 Å². The molecule has 0 aliphatic carbocycles. The first kappa shape index (κ1) is 46.3. The van der Waals surface area contributed by atoms with E-state index in [0.29, 0.717) is 45.1 Å². The Balaban J connectivity index is 1.86. The predicted octanol–water partition coefficient (Wildman–Crippen LogP) is 3.24. The summed E-state index contributed by atoms with van der Waals surface area (Å²) in [6, 6.07) is 3.54. The Bertz CT molecular complexity index is 1510. The molecule has 1 aromatic rings. The van der Waals surface area contributed by atoms with Crippen molar-refractivity contribution in [2.24, 2.45) is 17.6 Å². The summed E-state index contributed by atoms with van der Waals surface area (Å²) in [5, 5.41) is 8.61. The van der Waals surface area contributed by atoms with Gasteiger partial charge < -0.3 is 41.0 Å². The smallest absolute Gasteiger partial charge is 0.329 e. The van der Waals surface area contributed by atoms with E-state index in [4.69, 9.17) is 15.2 Å². The third-order valence-corrected chi connectivity index (χ3v) is 10.6. The van der Waals surface area contributed by atoms with Crippen molar-refractivity contribution in [1.82, 2.24) is 25.8 Å². The van der Waals surface area contributed by atoms with Gasteiger partial charge in [0, 0.05) is 19.5 Å². The van der Waals surface area contributed by atoms with Gasteiger partial charge in [-0.25, -0.2) is 4.79 Å². The molecule has 5 N–H and O–H groups in total. The predicted molar refractivity (Wildman–Crippen MR) is 214 cm³/mol. The number of hydrogen-bond donors (Lipinski definition) is 4. The van der Waals surface area contributed by atoms with Crippen LogP contribution in [0.25, 0.3) is 0 Å². The molecule has 5 amide bonds. The number of nitrogens with two attached hydrogens (primary N) is 1. The SMILES string of the molecule is CC[C@H](C)[C@H](N)C(=O)N[C@@H](Cc1ccccc1)C(=O)N[C@@H](COC(C)(C)C)C(=O)N1CCC[C@H]1C(=O)N[C@H](C(=O)N1CCC[C@H]1C(=O)OC(C)(C)C)[C@@H](C)CC. The molecule has 0 aromatic heterocycles. The van der Waals surface area contributed by atoms with Gasteiger partial charge in [0.05, 0.1) is 18.2 Å². The van der Waals surface area contributed by atoms with Crippen LogP contribution in [-0.2, 0) is 44.7 Å². The minimum absolute atomic E-state index is 0.125. The Morgan fingerprint density at radius 1 is 0.750 bits per heavy atom. The maximum atomic E-state index is 14.4. The molecule has 3 rings (SSSR count). The molecule has 2 heterocycles. The van der Waals surface area contributed by atoms with Crippen LogP contribution in [0.3, 0.4) is 0 Å². The number of esters is 1. The molecule has 56 heavy (non-hydrogen) atoms. The highest BCUT2D eigenvalue weighted by Gasteiger charge is 2.44. The van der Waals surface area contributed by atoms with E-state index >= 15 is 0 Å². The van der Waals surface area contributed by atoms with Gasteiger partial charge in [-0.2, -0.15) is 0 Å². The van der Waals surface area contributed by atoms with Gasteiger partial charge in [0.2, 0.25) is 29.5 Å². The van der Waals surface area contributed by atoms with Crippen molar-refractivity contribution in [3.63, 3.8) is 0 Å². The average molecular weight is 785 g/mol. The number of likely N-dealkylation sites (tertiary alicyclic amines) is 2. The number of nitrogens with one attached hydrogen (secondary N) is 3. The molecule has 1 aromatic carbocycles. The lowest BCUT2D eigenvalue weighted by atomic mass is 9.96.